The summed E-state index contributed by atoms with van der Waals surface area (Å²) in [6, 6.07) is 7.10. The Balaban J connectivity index is 1.45. The van der Waals surface area contributed by atoms with E-state index in [4.69, 9.17) is 23.2 Å². The second-order valence-electron chi connectivity index (χ2n) is 6.58. The summed E-state index contributed by atoms with van der Waals surface area (Å²) in [7, 11) is 0. The van der Waals surface area contributed by atoms with Crippen LogP contribution in [0.1, 0.15) is 37.8 Å². The van der Waals surface area contributed by atoms with E-state index in [1.165, 1.54) is 24.8 Å². The fourth-order valence-electron chi connectivity index (χ4n) is 4.71. The predicted octanol–water partition coefficient (Wildman–Crippen LogP) is 4.69. The molecule has 0 radical (unpaired) electrons. The zero-order valence-electron chi connectivity index (χ0n) is 11.1. The molecule has 1 aromatic rings. The van der Waals surface area contributed by atoms with E-state index in [-0.39, 0.29) is 0 Å². The van der Waals surface area contributed by atoms with Crippen LogP contribution in [0.25, 0.3) is 0 Å². The van der Waals surface area contributed by atoms with E-state index < -0.39 is 0 Å². The zero-order valence-corrected chi connectivity index (χ0v) is 12.6. The number of rotatable bonds is 3. The van der Waals surface area contributed by atoms with E-state index in [1.807, 2.05) is 12.1 Å². The second kappa shape index (κ2) is 4.38. The van der Waals surface area contributed by atoms with Gasteiger partial charge in [-0.05, 0) is 67.6 Å². The molecule has 5 unspecified atom stereocenters. The highest BCUT2D eigenvalue weighted by Crippen LogP contribution is 2.65. The molecule has 2 bridgehead atoms. The summed E-state index contributed by atoms with van der Waals surface area (Å²) < 4.78 is 0. The summed E-state index contributed by atoms with van der Waals surface area (Å²) in [6.07, 6.45) is 4.46. The van der Waals surface area contributed by atoms with Crippen molar-refractivity contribution in [3.05, 3.63) is 33.8 Å². The van der Waals surface area contributed by atoms with E-state index in [9.17, 15) is 0 Å². The van der Waals surface area contributed by atoms with Gasteiger partial charge in [0.1, 0.15) is 0 Å². The SMILES string of the molecule is CC(NC1C2C3CCC(C3)C12)c1ccc(Cl)c(Cl)c1. The first-order valence-corrected chi connectivity index (χ1v) is 8.11. The van der Waals surface area contributed by atoms with Crippen LogP contribution in [0.2, 0.25) is 10.0 Å². The molecule has 1 nitrogen and oxygen atoms in total. The Labute approximate surface area is 124 Å². The molecule has 19 heavy (non-hydrogen) atoms. The van der Waals surface area contributed by atoms with Gasteiger partial charge < -0.3 is 5.32 Å². The Morgan fingerprint density at radius 1 is 1.11 bits per heavy atom. The van der Waals surface area contributed by atoms with Crippen molar-refractivity contribution >= 4 is 23.2 Å². The fraction of sp³-hybridized carbons (Fsp3) is 0.625. The van der Waals surface area contributed by atoms with Gasteiger partial charge in [0.15, 0.2) is 0 Å². The van der Waals surface area contributed by atoms with Crippen LogP contribution in [-0.2, 0) is 0 Å². The molecule has 102 valence electrons. The Kier molecular flexibility index (Phi) is 2.88. The first-order valence-electron chi connectivity index (χ1n) is 7.36. The molecule has 3 fully saturated rings. The van der Waals surface area contributed by atoms with Gasteiger partial charge >= 0.3 is 0 Å². The molecular weight excluding hydrogens is 277 g/mol. The van der Waals surface area contributed by atoms with Crippen molar-refractivity contribution in [2.45, 2.75) is 38.3 Å². The van der Waals surface area contributed by atoms with Crippen molar-refractivity contribution in [1.29, 1.82) is 0 Å². The molecule has 0 heterocycles. The highest BCUT2D eigenvalue weighted by molar-refractivity contribution is 6.42. The monoisotopic (exact) mass is 295 g/mol. The molecule has 3 saturated carbocycles. The number of hydrogen-bond donors (Lipinski definition) is 1. The molecule has 5 atom stereocenters. The van der Waals surface area contributed by atoms with Crippen LogP contribution in [0.15, 0.2) is 18.2 Å². The summed E-state index contributed by atoms with van der Waals surface area (Å²) in [4.78, 5) is 0. The Morgan fingerprint density at radius 3 is 2.42 bits per heavy atom. The standard InChI is InChI=1S/C16H19Cl2N/c1-8(9-4-5-12(17)13(18)7-9)19-16-14-10-2-3-11(6-10)15(14)16/h4-5,7-8,10-11,14-16,19H,2-3,6H2,1H3. The Morgan fingerprint density at radius 2 is 1.79 bits per heavy atom. The lowest BCUT2D eigenvalue weighted by Crippen LogP contribution is -2.26. The van der Waals surface area contributed by atoms with Gasteiger partial charge in [-0.1, -0.05) is 29.3 Å². The summed E-state index contributed by atoms with van der Waals surface area (Å²) in [5.41, 5.74) is 1.24. The Bertz CT molecular complexity index is 499. The van der Waals surface area contributed by atoms with Crippen LogP contribution in [0.3, 0.4) is 0 Å². The van der Waals surface area contributed by atoms with Crippen molar-refractivity contribution in [2.75, 3.05) is 0 Å². The topological polar surface area (TPSA) is 12.0 Å². The quantitative estimate of drug-likeness (QED) is 0.853. The average molecular weight is 296 g/mol. The largest absolute Gasteiger partial charge is 0.307 e. The van der Waals surface area contributed by atoms with Crippen LogP contribution in [0.5, 0.6) is 0 Å². The van der Waals surface area contributed by atoms with Crippen molar-refractivity contribution in [3.8, 4) is 0 Å². The predicted molar refractivity (Wildman–Crippen MR) is 79.6 cm³/mol. The molecular formula is C16H19Cl2N. The maximum Gasteiger partial charge on any atom is 0.0595 e. The van der Waals surface area contributed by atoms with Crippen LogP contribution in [0, 0.1) is 23.7 Å². The molecule has 0 amide bonds. The minimum Gasteiger partial charge on any atom is -0.307 e. The molecule has 0 saturated heterocycles. The second-order valence-corrected chi connectivity index (χ2v) is 7.39. The lowest BCUT2D eigenvalue weighted by atomic mass is 10.0. The summed E-state index contributed by atoms with van der Waals surface area (Å²) in [5.74, 6) is 4.00. The maximum absolute atomic E-state index is 6.10. The lowest BCUT2D eigenvalue weighted by molar-refractivity contribution is 0.433. The molecule has 0 aromatic heterocycles. The fourth-order valence-corrected chi connectivity index (χ4v) is 5.02. The molecule has 0 spiro atoms. The number of benzene rings is 1. The maximum atomic E-state index is 6.10. The summed E-state index contributed by atoms with van der Waals surface area (Å²) >= 11 is 12.1. The number of fused-ring (bicyclic) bond motifs is 5. The molecule has 3 aliphatic rings. The minimum atomic E-state index is 0.366. The normalized spacial score (nSPS) is 40.3. The van der Waals surface area contributed by atoms with Gasteiger partial charge in [0, 0.05) is 12.1 Å². The van der Waals surface area contributed by atoms with Crippen LogP contribution < -0.4 is 5.32 Å². The van der Waals surface area contributed by atoms with Crippen LogP contribution >= 0.6 is 23.2 Å². The van der Waals surface area contributed by atoms with Crippen molar-refractivity contribution in [3.63, 3.8) is 0 Å². The highest BCUT2D eigenvalue weighted by atomic mass is 35.5. The summed E-state index contributed by atoms with van der Waals surface area (Å²) in [6.45, 7) is 2.23. The zero-order chi connectivity index (χ0) is 13.1. The van der Waals surface area contributed by atoms with Crippen LogP contribution in [-0.4, -0.2) is 6.04 Å². The number of hydrogen-bond acceptors (Lipinski definition) is 1. The van der Waals surface area contributed by atoms with Gasteiger partial charge in [-0.2, -0.15) is 0 Å². The van der Waals surface area contributed by atoms with E-state index in [1.54, 1.807) is 0 Å². The van der Waals surface area contributed by atoms with E-state index in [0.717, 1.165) is 29.7 Å². The van der Waals surface area contributed by atoms with E-state index in [0.29, 0.717) is 16.1 Å². The van der Waals surface area contributed by atoms with Gasteiger partial charge in [0.05, 0.1) is 10.0 Å². The molecule has 0 aliphatic heterocycles. The third kappa shape index (κ3) is 1.93. The van der Waals surface area contributed by atoms with Crippen molar-refractivity contribution in [2.24, 2.45) is 23.7 Å². The molecule has 1 aromatic carbocycles. The van der Waals surface area contributed by atoms with Gasteiger partial charge in [0.2, 0.25) is 0 Å². The van der Waals surface area contributed by atoms with Gasteiger partial charge in [-0.25, -0.2) is 0 Å². The lowest BCUT2D eigenvalue weighted by Gasteiger charge is -2.18. The van der Waals surface area contributed by atoms with Crippen molar-refractivity contribution in [1.82, 2.24) is 5.32 Å². The first-order chi connectivity index (χ1) is 9.15. The Hall–Kier alpha value is -0.240. The molecule has 1 N–H and O–H groups in total. The highest BCUT2D eigenvalue weighted by Gasteiger charge is 2.64. The molecule has 3 heteroatoms. The van der Waals surface area contributed by atoms with Gasteiger partial charge in [-0.3, -0.25) is 0 Å². The smallest absolute Gasteiger partial charge is 0.0595 e. The third-order valence-electron chi connectivity index (χ3n) is 5.62. The van der Waals surface area contributed by atoms with Gasteiger partial charge in [-0.15, -0.1) is 0 Å². The number of nitrogens with one attached hydrogen (secondary N) is 1. The molecule has 4 rings (SSSR count). The van der Waals surface area contributed by atoms with Crippen LogP contribution in [0.4, 0.5) is 0 Å². The van der Waals surface area contributed by atoms with Gasteiger partial charge in [0.25, 0.3) is 0 Å². The van der Waals surface area contributed by atoms with Crippen molar-refractivity contribution < 1.29 is 0 Å². The first kappa shape index (κ1) is 12.5. The van der Waals surface area contributed by atoms with E-state index in [2.05, 4.69) is 18.3 Å². The summed E-state index contributed by atoms with van der Waals surface area (Å²) in [5, 5.41) is 5.11. The molecule has 3 aliphatic carbocycles. The third-order valence-corrected chi connectivity index (χ3v) is 6.36. The minimum absolute atomic E-state index is 0.366. The average Bonchev–Trinajstić information content (AvgIpc) is 2.81. The van der Waals surface area contributed by atoms with E-state index >= 15 is 0 Å². The number of halogens is 2.